The molecule has 0 aliphatic carbocycles. The summed E-state index contributed by atoms with van der Waals surface area (Å²) in [5.74, 6) is -0.459. The molecule has 0 fully saturated rings. The predicted molar refractivity (Wildman–Crippen MR) is 71.5 cm³/mol. The van der Waals surface area contributed by atoms with Crippen LogP contribution in [0, 0.1) is 11.7 Å². The minimum Gasteiger partial charge on any atom is -0.309 e. The topological polar surface area (TPSA) is 20.3 Å². The van der Waals surface area contributed by atoms with Gasteiger partial charge in [-0.15, -0.1) is 0 Å². The van der Waals surface area contributed by atoms with Crippen LogP contribution in [0.15, 0.2) is 12.1 Å². The zero-order valence-corrected chi connectivity index (χ0v) is 11.4. The van der Waals surface area contributed by atoms with E-state index in [1.54, 1.807) is 11.0 Å². The summed E-state index contributed by atoms with van der Waals surface area (Å²) in [7, 11) is 0. The average molecular weight is 270 g/mol. The van der Waals surface area contributed by atoms with E-state index in [1.807, 2.05) is 13.8 Å². The van der Waals surface area contributed by atoms with E-state index in [0.29, 0.717) is 17.3 Å². The second-order valence-electron chi connectivity index (χ2n) is 4.76. The minimum absolute atomic E-state index is 0.0142. The molecule has 1 amide bonds. The van der Waals surface area contributed by atoms with Gasteiger partial charge in [0.05, 0.1) is 5.69 Å². The molecule has 0 bridgehead atoms. The normalized spacial score (nSPS) is 16.3. The highest BCUT2D eigenvalue weighted by Crippen LogP contribution is 2.35. The molecule has 0 saturated heterocycles. The fraction of sp³-hybridized carbons (Fsp3) is 0.500. The number of nitrogens with zero attached hydrogens (tertiary/aromatic N) is 1. The van der Waals surface area contributed by atoms with Gasteiger partial charge in [0.25, 0.3) is 0 Å². The van der Waals surface area contributed by atoms with Crippen LogP contribution in [0.2, 0.25) is 5.02 Å². The van der Waals surface area contributed by atoms with Crippen LogP contribution < -0.4 is 4.90 Å². The van der Waals surface area contributed by atoms with Crippen molar-refractivity contribution >= 4 is 23.2 Å². The van der Waals surface area contributed by atoms with Crippen molar-refractivity contribution in [3.63, 3.8) is 0 Å². The van der Waals surface area contributed by atoms with Gasteiger partial charge in [0.1, 0.15) is 5.82 Å². The SMILES string of the molecule is CCC(C)C(=O)N1CCCc2c(Cl)ccc(F)c21. The molecule has 1 aromatic carbocycles. The first-order valence-electron chi connectivity index (χ1n) is 6.34. The molecule has 1 aliphatic heterocycles. The molecular formula is C14H17ClFNO. The molecule has 0 radical (unpaired) electrons. The Labute approximate surface area is 112 Å². The summed E-state index contributed by atoms with van der Waals surface area (Å²) in [5.41, 5.74) is 1.15. The summed E-state index contributed by atoms with van der Waals surface area (Å²) in [4.78, 5) is 13.8. The molecule has 2 nitrogen and oxygen atoms in total. The van der Waals surface area contributed by atoms with Crippen molar-refractivity contribution in [2.75, 3.05) is 11.4 Å². The van der Waals surface area contributed by atoms with Crippen LogP contribution in [0.25, 0.3) is 0 Å². The monoisotopic (exact) mass is 269 g/mol. The Morgan fingerprint density at radius 1 is 1.56 bits per heavy atom. The van der Waals surface area contributed by atoms with Gasteiger partial charge in [-0.3, -0.25) is 4.79 Å². The lowest BCUT2D eigenvalue weighted by molar-refractivity contribution is -0.122. The molecule has 0 spiro atoms. The van der Waals surface area contributed by atoms with Crippen molar-refractivity contribution < 1.29 is 9.18 Å². The van der Waals surface area contributed by atoms with Gasteiger partial charge < -0.3 is 4.90 Å². The quantitative estimate of drug-likeness (QED) is 0.800. The molecule has 4 heteroatoms. The third-order valence-corrected chi connectivity index (χ3v) is 3.91. The summed E-state index contributed by atoms with van der Waals surface area (Å²) < 4.78 is 14.0. The van der Waals surface area contributed by atoms with Crippen LogP contribution in [0.4, 0.5) is 10.1 Å². The molecule has 0 saturated carbocycles. The third-order valence-electron chi connectivity index (χ3n) is 3.55. The molecular weight excluding hydrogens is 253 g/mol. The fourth-order valence-corrected chi connectivity index (χ4v) is 2.55. The standard InChI is InChI=1S/C14H17ClFNO/c1-3-9(2)14(18)17-8-4-5-10-11(15)6-7-12(16)13(10)17/h6-7,9H,3-5,8H2,1-2H3. The van der Waals surface area contributed by atoms with Crippen molar-refractivity contribution in [2.24, 2.45) is 5.92 Å². The maximum Gasteiger partial charge on any atom is 0.229 e. The van der Waals surface area contributed by atoms with Gasteiger partial charge in [0, 0.05) is 17.5 Å². The lowest BCUT2D eigenvalue weighted by atomic mass is 9.98. The van der Waals surface area contributed by atoms with E-state index in [2.05, 4.69) is 0 Å². The number of carbonyl (C=O) groups is 1. The van der Waals surface area contributed by atoms with E-state index in [-0.39, 0.29) is 17.6 Å². The number of carbonyl (C=O) groups excluding carboxylic acids is 1. The van der Waals surface area contributed by atoms with Crippen LogP contribution in [-0.4, -0.2) is 12.5 Å². The maximum absolute atomic E-state index is 14.0. The number of benzene rings is 1. The molecule has 1 heterocycles. The number of hydrogen-bond donors (Lipinski definition) is 0. The number of fused-ring (bicyclic) bond motifs is 1. The number of anilines is 1. The van der Waals surface area contributed by atoms with Crippen molar-refractivity contribution in [3.05, 3.63) is 28.5 Å². The number of rotatable bonds is 2. The molecule has 2 rings (SSSR count). The molecule has 0 aromatic heterocycles. The lowest BCUT2D eigenvalue weighted by Gasteiger charge is -2.32. The predicted octanol–water partition coefficient (Wildman–Crippen LogP) is 3.80. The first-order chi connectivity index (χ1) is 8.56. The fourth-order valence-electron chi connectivity index (χ4n) is 2.30. The van der Waals surface area contributed by atoms with Crippen LogP contribution in [-0.2, 0) is 11.2 Å². The Hall–Kier alpha value is -1.09. The van der Waals surface area contributed by atoms with E-state index >= 15 is 0 Å². The Morgan fingerprint density at radius 2 is 2.28 bits per heavy atom. The highest BCUT2D eigenvalue weighted by Gasteiger charge is 2.29. The Kier molecular flexibility index (Phi) is 3.91. The van der Waals surface area contributed by atoms with Crippen molar-refractivity contribution in [1.82, 2.24) is 0 Å². The van der Waals surface area contributed by atoms with Crippen LogP contribution >= 0.6 is 11.6 Å². The summed E-state index contributed by atoms with van der Waals surface area (Å²) in [6, 6.07) is 2.90. The Morgan fingerprint density at radius 3 is 2.94 bits per heavy atom. The molecule has 1 atom stereocenters. The molecule has 1 aliphatic rings. The highest BCUT2D eigenvalue weighted by molar-refractivity contribution is 6.32. The van der Waals surface area contributed by atoms with Gasteiger partial charge in [-0.25, -0.2) is 4.39 Å². The molecule has 0 N–H and O–H groups in total. The van der Waals surface area contributed by atoms with E-state index in [4.69, 9.17) is 11.6 Å². The summed E-state index contributed by atoms with van der Waals surface area (Å²) in [6.45, 7) is 4.41. The zero-order chi connectivity index (χ0) is 13.3. The number of amides is 1. The van der Waals surface area contributed by atoms with Crippen molar-refractivity contribution in [2.45, 2.75) is 33.1 Å². The molecule has 98 valence electrons. The number of halogens is 2. The summed E-state index contributed by atoms with van der Waals surface area (Å²) in [6.07, 6.45) is 2.32. The first-order valence-corrected chi connectivity index (χ1v) is 6.72. The Bertz CT molecular complexity index is 475. The second kappa shape index (κ2) is 5.27. The van der Waals surface area contributed by atoms with Crippen LogP contribution in [0.5, 0.6) is 0 Å². The smallest absolute Gasteiger partial charge is 0.229 e. The third kappa shape index (κ3) is 2.24. The lowest BCUT2D eigenvalue weighted by Crippen LogP contribution is -2.39. The van der Waals surface area contributed by atoms with Crippen LogP contribution in [0.1, 0.15) is 32.3 Å². The van der Waals surface area contributed by atoms with Crippen LogP contribution in [0.3, 0.4) is 0 Å². The first kappa shape index (κ1) is 13.3. The van der Waals surface area contributed by atoms with Crippen molar-refractivity contribution in [1.29, 1.82) is 0 Å². The number of hydrogen-bond acceptors (Lipinski definition) is 1. The van der Waals surface area contributed by atoms with E-state index in [0.717, 1.165) is 24.8 Å². The van der Waals surface area contributed by atoms with Gasteiger partial charge in [-0.2, -0.15) is 0 Å². The van der Waals surface area contributed by atoms with E-state index in [9.17, 15) is 9.18 Å². The summed E-state index contributed by atoms with van der Waals surface area (Å²) in [5, 5.41) is 0.549. The Balaban J connectivity index is 2.45. The van der Waals surface area contributed by atoms with Gasteiger partial charge >= 0.3 is 0 Å². The summed E-state index contributed by atoms with van der Waals surface area (Å²) >= 11 is 6.09. The second-order valence-corrected chi connectivity index (χ2v) is 5.17. The van der Waals surface area contributed by atoms with Gasteiger partial charge in [-0.1, -0.05) is 25.4 Å². The van der Waals surface area contributed by atoms with Crippen molar-refractivity contribution in [3.8, 4) is 0 Å². The highest BCUT2D eigenvalue weighted by atomic mass is 35.5. The van der Waals surface area contributed by atoms with Gasteiger partial charge in [0.15, 0.2) is 0 Å². The van der Waals surface area contributed by atoms with E-state index < -0.39 is 0 Å². The largest absolute Gasteiger partial charge is 0.309 e. The van der Waals surface area contributed by atoms with E-state index in [1.165, 1.54) is 6.07 Å². The molecule has 1 unspecified atom stereocenters. The van der Waals surface area contributed by atoms with Gasteiger partial charge in [0.2, 0.25) is 5.91 Å². The molecule has 1 aromatic rings. The maximum atomic E-state index is 14.0. The van der Waals surface area contributed by atoms with Gasteiger partial charge in [-0.05, 0) is 37.0 Å². The molecule has 18 heavy (non-hydrogen) atoms. The average Bonchev–Trinajstić information content (AvgIpc) is 2.40. The minimum atomic E-state index is -0.356. The zero-order valence-electron chi connectivity index (χ0n) is 10.7.